The molecule has 0 N–H and O–H groups in total. The molecule has 0 aromatic rings. The minimum absolute atomic E-state index is 0.241. The molecule has 1 saturated heterocycles. The molecule has 0 aromatic heterocycles. The number of ether oxygens (including phenoxy) is 2. The van der Waals surface area contributed by atoms with E-state index in [0.29, 0.717) is 13.2 Å². The Bertz CT molecular complexity index is 521. The summed E-state index contributed by atoms with van der Waals surface area (Å²) in [6, 6.07) is 0. The first-order valence-corrected chi connectivity index (χ1v) is 24.3. The molecule has 1 fully saturated rings. The first kappa shape index (κ1) is 27.7. The van der Waals surface area contributed by atoms with E-state index < -0.39 is 39.1 Å². The van der Waals surface area contributed by atoms with E-state index in [-0.39, 0.29) is 18.3 Å². The maximum atomic E-state index is 6.67. The summed E-state index contributed by atoms with van der Waals surface area (Å²) < 4.78 is 38.4. The van der Waals surface area contributed by atoms with E-state index in [4.69, 9.17) is 27.2 Å². The molecular weight excluding hydrogens is 437 g/mol. The second-order valence-electron chi connectivity index (χ2n) is 11.8. The Balaban J connectivity index is 3.31. The van der Waals surface area contributed by atoms with E-state index in [0.717, 1.165) is 0 Å². The zero-order valence-corrected chi connectivity index (χ0v) is 25.1. The van der Waals surface area contributed by atoms with Gasteiger partial charge in [-0.3, -0.25) is 0 Å². The van der Waals surface area contributed by atoms with Gasteiger partial charge in [0.2, 0.25) is 5.79 Å². The summed E-state index contributed by atoms with van der Waals surface area (Å²) in [5.41, 5.74) is 0. The molecule has 6 nitrogen and oxygen atoms in total. The molecule has 4 unspecified atom stereocenters. The molecule has 0 spiro atoms. The standard InChI is InChI=1S/C19H46O6Si4/c1-20-19(15-22-27(5,6)7)18(25-29(11,12)13)17(24-28(8,9)10)16(23-19)14-21-26(2,3)4/h16-18H,14-15H2,1-13H3. The summed E-state index contributed by atoms with van der Waals surface area (Å²) in [5, 5.41) is 0. The Kier molecular flexibility index (Phi) is 9.19. The molecule has 0 saturated carbocycles. The Morgan fingerprint density at radius 2 is 1.17 bits per heavy atom. The van der Waals surface area contributed by atoms with Crippen LogP contribution in [0.1, 0.15) is 0 Å². The van der Waals surface area contributed by atoms with Crippen LogP contribution in [0.5, 0.6) is 0 Å². The van der Waals surface area contributed by atoms with Crippen molar-refractivity contribution in [3.05, 3.63) is 0 Å². The predicted molar refractivity (Wildman–Crippen MR) is 130 cm³/mol. The van der Waals surface area contributed by atoms with Gasteiger partial charge in [-0.1, -0.05) is 0 Å². The van der Waals surface area contributed by atoms with Crippen LogP contribution in [0.2, 0.25) is 78.6 Å². The lowest BCUT2D eigenvalue weighted by molar-refractivity contribution is -0.257. The van der Waals surface area contributed by atoms with Crippen molar-refractivity contribution in [2.75, 3.05) is 20.3 Å². The number of methoxy groups -OCH3 is 1. The fraction of sp³-hybridized carbons (Fsp3) is 1.00. The van der Waals surface area contributed by atoms with Crippen molar-refractivity contribution < 1.29 is 27.2 Å². The van der Waals surface area contributed by atoms with Gasteiger partial charge in [-0.05, 0) is 78.6 Å². The molecule has 1 aliphatic rings. The summed E-state index contributed by atoms with van der Waals surface area (Å²) in [4.78, 5) is 0. The van der Waals surface area contributed by atoms with E-state index in [1.165, 1.54) is 0 Å². The molecule has 0 amide bonds. The maximum Gasteiger partial charge on any atom is 0.219 e. The van der Waals surface area contributed by atoms with Gasteiger partial charge in [-0.15, -0.1) is 0 Å². The normalized spacial score (nSPS) is 29.5. The third-order valence-electron chi connectivity index (χ3n) is 4.15. The highest BCUT2D eigenvalue weighted by molar-refractivity contribution is 6.71. The van der Waals surface area contributed by atoms with Crippen molar-refractivity contribution >= 4 is 33.3 Å². The molecule has 1 aliphatic heterocycles. The van der Waals surface area contributed by atoms with Crippen LogP contribution in [0.15, 0.2) is 0 Å². The second-order valence-corrected chi connectivity index (χ2v) is 29.8. The van der Waals surface area contributed by atoms with Crippen molar-refractivity contribution in [2.24, 2.45) is 0 Å². The highest BCUT2D eigenvalue weighted by Gasteiger charge is 2.59. The molecule has 1 heterocycles. The van der Waals surface area contributed by atoms with Crippen LogP contribution in [0.4, 0.5) is 0 Å². The van der Waals surface area contributed by atoms with Gasteiger partial charge in [0, 0.05) is 7.11 Å². The van der Waals surface area contributed by atoms with Crippen LogP contribution in [-0.2, 0) is 27.2 Å². The van der Waals surface area contributed by atoms with Gasteiger partial charge < -0.3 is 27.2 Å². The quantitative estimate of drug-likeness (QED) is 0.392. The first-order valence-electron chi connectivity index (χ1n) is 10.6. The molecule has 0 aliphatic carbocycles. The third kappa shape index (κ3) is 9.75. The largest absolute Gasteiger partial charge is 0.415 e. The number of rotatable bonds is 11. The van der Waals surface area contributed by atoms with Crippen LogP contribution in [-0.4, -0.2) is 77.7 Å². The highest BCUT2D eigenvalue weighted by atomic mass is 28.4. The van der Waals surface area contributed by atoms with Crippen molar-refractivity contribution in [1.29, 1.82) is 0 Å². The summed E-state index contributed by atoms with van der Waals surface area (Å²) >= 11 is 0. The van der Waals surface area contributed by atoms with Crippen molar-refractivity contribution in [1.82, 2.24) is 0 Å². The van der Waals surface area contributed by atoms with E-state index in [2.05, 4.69) is 78.6 Å². The molecular formula is C19H46O6Si4. The van der Waals surface area contributed by atoms with Crippen LogP contribution < -0.4 is 0 Å². The molecule has 29 heavy (non-hydrogen) atoms. The van der Waals surface area contributed by atoms with Gasteiger partial charge in [0.15, 0.2) is 33.3 Å². The van der Waals surface area contributed by atoms with E-state index in [1.54, 1.807) is 7.11 Å². The van der Waals surface area contributed by atoms with Gasteiger partial charge >= 0.3 is 0 Å². The molecule has 0 radical (unpaired) electrons. The van der Waals surface area contributed by atoms with E-state index in [1.807, 2.05) is 0 Å². The average molecular weight is 483 g/mol. The third-order valence-corrected chi connectivity index (χ3v) is 8.14. The predicted octanol–water partition coefficient (Wildman–Crippen LogP) is 4.87. The van der Waals surface area contributed by atoms with Gasteiger partial charge in [0.25, 0.3) is 0 Å². The topological polar surface area (TPSA) is 55.4 Å². The fourth-order valence-electron chi connectivity index (χ4n) is 3.04. The summed E-state index contributed by atoms with van der Waals surface area (Å²) in [6.45, 7) is 27.0. The Morgan fingerprint density at radius 3 is 1.55 bits per heavy atom. The summed E-state index contributed by atoms with van der Waals surface area (Å²) in [6.07, 6.45) is -0.840. The molecule has 0 bridgehead atoms. The lowest BCUT2D eigenvalue weighted by Crippen LogP contribution is -2.56. The van der Waals surface area contributed by atoms with Crippen LogP contribution in [0.3, 0.4) is 0 Å². The lowest BCUT2D eigenvalue weighted by Gasteiger charge is -2.39. The zero-order valence-electron chi connectivity index (χ0n) is 21.1. The Hall–Kier alpha value is 0.628. The molecule has 174 valence electrons. The van der Waals surface area contributed by atoms with Gasteiger partial charge in [0.1, 0.15) is 18.3 Å². The smallest absolute Gasteiger partial charge is 0.219 e. The monoisotopic (exact) mass is 482 g/mol. The van der Waals surface area contributed by atoms with Gasteiger partial charge in [0.05, 0.1) is 13.2 Å². The molecule has 1 rings (SSSR count). The lowest BCUT2D eigenvalue weighted by atomic mass is 10.1. The van der Waals surface area contributed by atoms with Crippen molar-refractivity contribution in [3.63, 3.8) is 0 Å². The zero-order chi connectivity index (χ0) is 22.9. The van der Waals surface area contributed by atoms with Crippen molar-refractivity contribution in [2.45, 2.75) is 103 Å². The first-order chi connectivity index (χ1) is 12.8. The van der Waals surface area contributed by atoms with E-state index in [9.17, 15) is 0 Å². The van der Waals surface area contributed by atoms with Crippen LogP contribution >= 0.6 is 0 Å². The molecule has 0 aromatic carbocycles. The van der Waals surface area contributed by atoms with Gasteiger partial charge in [-0.2, -0.15) is 0 Å². The average Bonchev–Trinajstić information content (AvgIpc) is 2.73. The van der Waals surface area contributed by atoms with Crippen LogP contribution in [0.25, 0.3) is 0 Å². The summed E-state index contributed by atoms with van der Waals surface area (Å²) in [5.74, 6) is -0.988. The second kappa shape index (κ2) is 9.63. The Morgan fingerprint density at radius 1 is 0.690 bits per heavy atom. The minimum Gasteiger partial charge on any atom is -0.415 e. The fourth-order valence-corrected chi connectivity index (χ4v) is 6.50. The molecule has 10 heteroatoms. The minimum atomic E-state index is -1.91. The highest BCUT2D eigenvalue weighted by Crippen LogP contribution is 2.40. The number of hydrogen-bond donors (Lipinski definition) is 0. The SMILES string of the molecule is COC1(CO[Si](C)(C)C)OC(CO[Si](C)(C)C)C(O[Si](C)(C)C)C1O[Si](C)(C)C. The number of hydrogen-bond acceptors (Lipinski definition) is 6. The van der Waals surface area contributed by atoms with Gasteiger partial charge in [-0.25, -0.2) is 0 Å². The Labute approximate surface area is 183 Å². The van der Waals surface area contributed by atoms with E-state index >= 15 is 0 Å². The molecule has 4 atom stereocenters. The summed E-state index contributed by atoms with van der Waals surface area (Å²) in [7, 11) is -5.58. The van der Waals surface area contributed by atoms with Crippen LogP contribution in [0, 0.1) is 0 Å². The van der Waals surface area contributed by atoms with Crippen molar-refractivity contribution in [3.8, 4) is 0 Å². The maximum absolute atomic E-state index is 6.67.